The number of nitrogens with zero attached hydrogens (tertiary/aromatic N) is 1. The van der Waals surface area contributed by atoms with Crippen molar-refractivity contribution < 1.29 is 32.7 Å². The molecule has 0 heterocycles. The van der Waals surface area contributed by atoms with Gasteiger partial charge in [0.15, 0.2) is 0 Å². The molecule has 30 heavy (non-hydrogen) atoms. The van der Waals surface area contributed by atoms with E-state index in [2.05, 4.69) is 22.9 Å². The van der Waals surface area contributed by atoms with Crippen LogP contribution >= 0.6 is 15.9 Å². The molecule has 13 heteroatoms. The van der Waals surface area contributed by atoms with Gasteiger partial charge in [0.25, 0.3) is 0 Å². The van der Waals surface area contributed by atoms with Gasteiger partial charge in [-0.3, -0.25) is 0 Å². The summed E-state index contributed by atoms with van der Waals surface area (Å²) >= 11 is 0. The predicted molar refractivity (Wildman–Crippen MR) is 124 cm³/mol. The maximum atomic E-state index is 12.3. The number of rotatable bonds is 20. The van der Waals surface area contributed by atoms with Gasteiger partial charge in [-0.25, -0.2) is 0 Å². The molecule has 0 bridgehead atoms. The summed E-state index contributed by atoms with van der Waals surface area (Å²) in [4.78, 5) is 34.6. The van der Waals surface area contributed by atoms with Gasteiger partial charge in [0, 0.05) is 0 Å². The molecule has 0 rings (SSSR count). The van der Waals surface area contributed by atoms with Crippen molar-refractivity contribution in [3.63, 3.8) is 0 Å². The molecule has 0 aliphatic rings. The first kappa shape index (κ1) is 30.0. The van der Waals surface area contributed by atoms with Crippen LogP contribution in [0.2, 0.25) is 0 Å². The van der Waals surface area contributed by atoms with Gasteiger partial charge in [0.2, 0.25) is 0 Å². The molecule has 0 saturated heterocycles. The predicted octanol–water partition coefficient (Wildman–Crippen LogP) is 0.249. The summed E-state index contributed by atoms with van der Waals surface area (Å²) in [6.07, 6.45) is 2.93. The van der Waals surface area contributed by atoms with E-state index in [4.69, 9.17) is 18.1 Å². The van der Waals surface area contributed by atoms with Gasteiger partial charge in [-0.05, 0) is 13.0 Å². The van der Waals surface area contributed by atoms with Crippen molar-refractivity contribution in [3.05, 3.63) is 0 Å². The number of nitrogens with one attached hydrogen (secondary N) is 3. The maximum absolute atomic E-state index is 12.3. The zero-order chi connectivity index (χ0) is 22.9. The second-order valence-corrected chi connectivity index (χ2v) is 12.1. The first-order valence-corrected chi connectivity index (χ1v) is 14.3. The fraction of sp³-hybridized carbons (Fsp3) is 0.941. The normalized spacial score (nSPS) is 13.6. The monoisotopic (exact) mass is 478 g/mol. The average molecular weight is 479 g/mol. The van der Waals surface area contributed by atoms with E-state index in [1.165, 1.54) is 33.3 Å². The molecule has 0 saturated carbocycles. The quantitative estimate of drug-likeness (QED) is 0.122. The van der Waals surface area contributed by atoms with E-state index in [0.29, 0.717) is 6.54 Å². The second-order valence-electron chi connectivity index (χ2n) is 6.94. The first-order chi connectivity index (χ1) is 14.3. The third-order valence-electron chi connectivity index (χ3n) is 4.48. The van der Waals surface area contributed by atoms with Crippen LogP contribution in [0.5, 0.6) is 0 Å². The zero-order valence-corrected chi connectivity index (χ0v) is 21.2. The number of carbonyl (C=O) groups is 1. The summed E-state index contributed by atoms with van der Waals surface area (Å²) in [6.45, 7) is 6.43. The van der Waals surface area contributed by atoms with Crippen LogP contribution < -0.4 is 16.0 Å². The Balaban J connectivity index is 4.34. The molecule has 184 valence electrons. The van der Waals surface area contributed by atoms with E-state index < -0.39 is 15.9 Å². The van der Waals surface area contributed by atoms with Crippen LogP contribution in [-0.4, -0.2) is 101 Å². The summed E-state index contributed by atoms with van der Waals surface area (Å²) in [5.74, 6) is -0.231. The van der Waals surface area contributed by atoms with E-state index in [1.807, 2.05) is 0 Å². The minimum absolute atomic E-state index is 0.0386. The van der Waals surface area contributed by atoms with Crippen molar-refractivity contribution in [3.8, 4) is 0 Å². The van der Waals surface area contributed by atoms with E-state index in [9.17, 15) is 14.6 Å². The zero-order valence-electron chi connectivity index (χ0n) is 19.2. The molecule has 0 spiro atoms. The van der Waals surface area contributed by atoms with Crippen molar-refractivity contribution in [1.29, 1.82) is 0 Å². The van der Waals surface area contributed by atoms with Crippen LogP contribution in [0.1, 0.15) is 26.2 Å². The van der Waals surface area contributed by atoms with Gasteiger partial charge < -0.3 is 5.32 Å². The number of carbonyl (C=O) groups excluding carboxylic acids is 1. The van der Waals surface area contributed by atoms with E-state index >= 15 is 0 Å². The van der Waals surface area contributed by atoms with Crippen molar-refractivity contribution >= 4 is 21.8 Å². The molecule has 0 aliphatic heterocycles. The fourth-order valence-corrected chi connectivity index (χ4v) is 5.27. The van der Waals surface area contributed by atoms with Crippen LogP contribution in [0.25, 0.3) is 0 Å². The van der Waals surface area contributed by atoms with Gasteiger partial charge in [0.05, 0.1) is 0 Å². The van der Waals surface area contributed by atoms with Gasteiger partial charge in [-0.2, -0.15) is 0 Å². The molecule has 1 amide bonds. The van der Waals surface area contributed by atoms with E-state index in [-0.39, 0.29) is 25.0 Å². The van der Waals surface area contributed by atoms with Crippen LogP contribution in [0.15, 0.2) is 0 Å². The Morgan fingerprint density at radius 3 is 1.67 bits per heavy atom. The van der Waals surface area contributed by atoms with Crippen LogP contribution in [-0.2, 0) is 22.9 Å². The molecule has 11 nitrogen and oxygen atoms in total. The third kappa shape index (κ3) is 14.1. The van der Waals surface area contributed by atoms with Crippen molar-refractivity contribution in [2.75, 3.05) is 80.3 Å². The fourth-order valence-electron chi connectivity index (χ4n) is 2.62. The number of hydrogen-bond donors (Lipinski definition) is 5. The molecule has 5 N–H and O–H groups in total. The Hall–Kier alpha value is -0.0300. The third-order valence-corrected chi connectivity index (χ3v) is 8.72. The van der Waals surface area contributed by atoms with E-state index in [1.54, 1.807) is 0 Å². The van der Waals surface area contributed by atoms with Crippen LogP contribution in [0.3, 0.4) is 0 Å². The Bertz CT molecular complexity index is 424. The topological polar surface area (TPSA) is 134 Å². The molecule has 0 fully saturated rings. The van der Waals surface area contributed by atoms with Gasteiger partial charge >= 0.3 is 157 Å². The Morgan fingerprint density at radius 2 is 1.23 bits per heavy atom. The van der Waals surface area contributed by atoms with Crippen molar-refractivity contribution in [2.45, 2.75) is 26.2 Å². The van der Waals surface area contributed by atoms with Gasteiger partial charge in [-0.15, -0.1) is 0 Å². The summed E-state index contributed by atoms with van der Waals surface area (Å²) in [5.41, 5.74) is 0. The van der Waals surface area contributed by atoms with Crippen LogP contribution in [0.4, 0.5) is 0 Å². The van der Waals surface area contributed by atoms with Gasteiger partial charge in [-0.1, -0.05) is 6.92 Å². The van der Waals surface area contributed by atoms with Crippen LogP contribution in [0, 0.1) is 0 Å². The molecule has 0 aromatic carbocycles. The summed E-state index contributed by atoms with van der Waals surface area (Å²) in [5, 5.41) is 9.55. The molecular formula is C17H44N4O7P2. The summed E-state index contributed by atoms with van der Waals surface area (Å²) in [7, 11) is -1.60. The van der Waals surface area contributed by atoms with Gasteiger partial charge in [0.1, 0.15) is 0 Å². The van der Waals surface area contributed by atoms with Crippen molar-refractivity contribution in [1.82, 2.24) is 20.9 Å². The standard InChI is InChI=1S/C17H44N4O7P2/c1-6-9-18-10-7-11-19-12-8-13-20-17(22)14-21(15-29(23,25-2)26-3)16-30(24,27-4)28-5/h18-19,23-24,29-30H,6-16H2,1-5H3,(H,20,22). The molecular weight excluding hydrogens is 434 g/mol. The Labute approximate surface area is 182 Å². The number of hydrogen-bond acceptors (Lipinski definition) is 10. The minimum atomic E-state index is -3.49. The Kier molecular flexibility index (Phi) is 17.5. The summed E-state index contributed by atoms with van der Waals surface area (Å²) in [6, 6.07) is 0. The Morgan fingerprint density at radius 1 is 0.800 bits per heavy atom. The molecule has 0 radical (unpaired) electrons. The molecule has 0 aliphatic carbocycles. The van der Waals surface area contributed by atoms with E-state index in [0.717, 1.165) is 45.4 Å². The number of amides is 1. The average Bonchev–Trinajstić information content (AvgIpc) is 2.74. The first-order valence-electron chi connectivity index (χ1n) is 10.3. The summed E-state index contributed by atoms with van der Waals surface area (Å²) < 4.78 is 20.3. The molecule has 0 atom stereocenters. The molecule has 0 aromatic rings. The second kappa shape index (κ2) is 17.5. The van der Waals surface area contributed by atoms with Crippen molar-refractivity contribution in [2.24, 2.45) is 0 Å². The molecule has 0 aromatic heterocycles. The molecule has 0 unspecified atom stereocenters. The SMILES string of the molecule is CCCNCCCNCCCNC(=O)CN(C[PH](O)(OC)OC)C[PH](O)(OC)OC.